The van der Waals surface area contributed by atoms with Gasteiger partial charge in [0.05, 0.1) is 16.5 Å². The highest BCUT2D eigenvalue weighted by atomic mass is 32.2. The summed E-state index contributed by atoms with van der Waals surface area (Å²) in [5.41, 5.74) is 5.64. The van der Waals surface area contributed by atoms with Crippen molar-refractivity contribution in [2.75, 3.05) is 25.6 Å². The quantitative estimate of drug-likeness (QED) is 0.881. The molecule has 1 aromatic heterocycles. The number of rotatable bonds is 2. The van der Waals surface area contributed by atoms with E-state index in [2.05, 4.69) is 4.98 Å². The monoisotopic (exact) mass is 312 g/mol. The molecule has 0 amide bonds. The van der Waals surface area contributed by atoms with E-state index in [0.717, 1.165) is 12.8 Å². The van der Waals surface area contributed by atoms with Gasteiger partial charge in [-0.25, -0.2) is 13.4 Å². The Morgan fingerprint density at radius 3 is 2.76 bits per heavy atom. The maximum atomic E-state index is 12.8. The van der Waals surface area contributed by atoms with E-state index in [1.807, 2.05) is 0 Å². The molecule has 0 aromatic carbocycles. The maximum Gasteiger partial charge on any atom is 0.200 e. The first-order chi connectivity index (χ1) is 10.0. The first-order valence-electron chi connectivity index (χ1n) is 7.20. The third-order valence-corrected chi connectivity index (χ3v) is 6.52. The third-order valence-electron chi connectivity index (χ3n) is 4.36. The van der Waals surface area contributed by atoms with Crippen molar-refractivity contribution < 1.29 is 17.9 Å². The Kier molecular flexibility index (Phi) is 3.90. The van der Waals surface area contributed by atoms with E-state index in [4.69, 9.17) is 15.2 Å². The summed E-state index contributed by atoms with van der Waals surface area (Å²) in [6.07, 6.45) is 3.94. The van der Waals surface area contributed by atoms with E-state index in [1.54, 1.807) is 12.1 Å². The Morgan fingerprint density at radius 1 is 1.29 bits per heavy atom. The second kappa shape index (κ2) is 5.55. The van der Waals surface area contributed by atoms with Gasteiger partial charge >= 0.3 is 0 Å². The SMILES string of the molecule is Nc1cccnc1S(=O)(=O)C1CCOC2(CCOCC2)C1. The molecule has 2 N–H and O–H groups in total. The fraction of sp³-hybridized carbons (Fsp3) is 0.643. The first kappa shape index (κ1) is 14.7. The molecule has 1 spiro atoms. The highest BCUT2D eigenvalue weighted by Crippen LogP contribution is 2.38. The minimum absolute atomic E-state index is 0.000825. The zero-order chi connectivity index (χ0) is 14.9. The molecule has 21 heavy (non-hydrogen) atoms. The van der Waals surface area contributed by atoms with Crippen LogP contribution in [0, 0.1) is 0 Å². The van der Waals surface area contributed by atoms with Crippen LogP contribution >= 0.6 is 0 Å². The van der Waals surface area contributed by atoms with Crippen LogP contribution in [0.3, 0.4) is 0 Å². The van der Waals surface area contributed by atoms with Gasteiger partial charge in [0.2, 0.25) is 9.84 Å². The highest BCUT2D eigenvalue weighted by molar-refractivity contribution is 7.92. The molecular formula is C14H20N2O4S. The van der Waals surface area contributed by atoms with Crippen LogP contribution in [-0.4, -0.2) is 44.1 Å². The van der Waals surface area contributed by atoms with Crippen LogP contribution in [0.5, 0.6) is 0 Å². The lowest BCUT2D eigenvalue weighted by molar-refractivity contribution is -0.132. The van der Waals surface area contributed by atoms with Gasteiger partial charge in [0.25, 0.3) is 0 Å². The molecule has 0 radical (unpaired) electrons. The van der Waals surface area contributed by atoms with E-state index in [-0.39, 0.29) is 16.3 Å². The summed E-state index contributed by atoms with van der Waals surface area (Å²) in [5, 5.41) is -0.486. The fourth-order valence-corrected chi connectivity index (χ4v) is 4.99. The number of hydrogen-bond acceptors (Lipinski definition) is 6. The summed E-state index contributed by atoms with van der Waals surface area (Å²) < 4.78 is 36.9. The number of hydrogen-bond donors (Lipinski definition) is 1. The Hall–Kier alpha value is -1.18. The Balaban J connectivity index is 1.87. The van der Waals surface area contributed by atoms with Crippen molar-refractivity contribution in [2.24, 2.45) is 0 Å². The topological polar surface area (TPSA) is 91.5 Å². The van der Waals surface area contributed by atoms with Crippen molar-refractivity contribution in [1.82, 2.24) is 4.98 Å². The van der Waals surface area contributed by atoms with E-state index < -0.39 is 15.1 Å². The molecule has 0 saturated carbocycles. The van der Waals surface area contributed by atoms with Crippen LogP contribution in [0.2, 0.25) is 0 Å². The van der Waals surface area contributed by atoms with Gasteiger partial charge in [-0.15, -0.1) is 0 Å². The van der Waals surface area contributed by atoms with Crippen LogP contribution in [0.4, 0.5) is 5.69 Å². The normalized spacial score (nSPS) is 25.8. The molecule has 0 aliphatic carbocycles. The molecular weight excluding hydrogens is 292 g/mol. The molecule has 1 aromatic rings. The zero-order valence-electron chi connectivity index (χ0n) is 11.8. The molecule has 2 fully saturated rings. The lowest BCUT2D eigenvalue weighted by Crippen LogP contribution is -2.48. The Morgan fingerprint density at radius 2 is 2.05 bits per heavy atom. The summed E-state index contributed by atoms with van der Waals surface area (Å²) in [4.78, 5) is 3.98. The van der Waals surface area contributed by atoms with Gasteiger partial charge in [0.1, 0.15) is 0 Å². The van der Waals surface area contributed by atoms with Gasteiger partial charge < -0.3 is 15.2 Å². The second-order valence-corrected chi connectivity index (χ2v) is 7.84. The smallest absolute Gasteiger partial charge is 0.200 e. The van der Waals surface area contributed by atoms with Crippen LogP contribution in [0.15, 0.2) is 23.4 Å². The van der Waals surface area contributed by atoms with Gasteiger partial charge in [0, 0.05) is 26.0 Å². The molecule has 0 bridgehead atoms. The lowest BCUT2D eigenvalue weighted by atomic mass is 9.86. The van der Waals surface area contributed by atoms with Crippen LogP contribution in [-0.2, 0) is 19.3 Å². The predicted molar refractivity (Wildman–Crippen MR) is 77.6 cm³/mol. The summed E-state index contributed by atoms with van der Waals surface area (Å²) in [6, 6.07) is 3.21. The molecule has 3 rings (SSSR count). The van der Waals surface area contributed by atoms with Crippen molar-refractivity contribution in [2.45, 2.75) is 41.6 Å². The molecule has 2 aliphatic rings. The number of nitrogen functional groups attached to an aromatic ring is 1. The number of nitrogens with two attached hydrogens (primary N) is 1. The van der Waals surface area contributed by atoms with Gasteiger partial charge in [-0.3, -0.25) is 0 Å². The number of aromatic nitrogens is 1. The van der Waals surface area contributed by atoms with Gasteiger partial charge in [-0.2, -0.15) is 0 Å². The van der Waals surface area contributed by atoms with E-state index in [0.29, 0.717) is 32.7 Å². The molecule has 2 aliphatic heterocycles. The Bertz CT molecular complexity index is 606. The zero-order valence-corrected chi connectivity index (χ0v) is 12.6. The van der Waals surface area contributed by atoms with Gasteiger partial charge in [-0.05, 0) is 37.8 Å². The van der Waals surface area contributed by atoms with Crippen LogP contribution in [0.25, 0.3) is 0 Å². The van der Waals surface area contributed by atoms with E-state index in [1.165, 1.54) is 6.20 Å². The van der Waals surface area contributed by atoms with Crippen molar-refractivity contribution in [1.29, 1.82) is 0 Å². The van der Waals surface area contributed by atoms with E-state index >= 15 is 0 Å². The summed E-state index contributed by atoms with van der Waals surface area (Å²) in [6.45, 7) is 1.70. The number of nitrogens with zero attached hydrogens (tertiary/aromatic N) is 1. The van der Waals surface area contributed by atoms with Crippen molar-refractivity contribution in [3.8, 4) is 0 Å². The second-order valence-electron chi connectivity index (χ2n) is 5.70. The molecule has 1 unspecified atom stereocenters. The molecule has 3 heterocycles. The number of ether oxygens (including phenoxy) is 2. The largest absolute Gasteiger partial charge is 0.396 e. The average molecular weight is 312 g/mol. The average Bonchev–Trinajstić information content (AvgIpc) is 2.48. The number of anilines is 1. The maximum absolute atomic E-state index is 12.8. The van der Waals surface area contributed by atoms with Crippen molar-refractivity contribution in [3.63, 3.8) is 0 Å². The molecule has 6 nitrogen and oxygen atoms in total. The van der Waals surface area contributed by atoms with Gasteiger partial charge in [-0.1, -0.05) is 0 Å². The lowest BCUT2D eigenvalue weighted by Gasteiger charge is -2.42. The summed E-state index contributed by atoms with van der Waals surface area (Å²) >= 11 is 0. The van der Waals surface area contributed by atoms with Crippen molar-refractivity contribution >= 4 is 15.5 Å². The van der Waals surface area contributed by atoms with Crippen molar-refractivity contribution in [3.05, 3.63) is 18.3 Å². The number of pyridine rings is 1. The minimum Gasteiger partial charge on any atom is -0.396 e. The van der Waals surface area contributed by atoms with Crippen LogP contribution in [0.1, 0.15) is 25.7 Å². The van der Waals surface area contributed by atoms with E-state index in [9.17, 15) is 8.42 Å². The first-order valence-corrected chi connectivity index (χ1v) is 8.74. The molecule has 2 saturated heterocycles. The highest BCUT2D eigenvalue weighted by Gasteiger charge is 2.44. The minimum atomic E-state index is -3.52. The third kappa shape index (κ3) is 2.77. The molecule has 116 valence electrons. The van der Waals surface area contributed by atoms with Gasteiger partial charge in [0.15, 0.2) is 5.03 Å². The fourth-order valence-electron chi connectivity index (χ4n) is 3.14. The number of sulfone groups is 1. The molecule has 7 heteroatoms. The summed E-state index contributed by atoms with van der Waals surface area (Å²) in [7, 11) is -3.52. The predicted octanol–water partition coefficient (Wildman–Crippen LogP) is 1.17. The standard InChI is InChI=1S/C14H20N2O4S/c15-12-2-1-6-16-13(12)21(17,18)11-3-7-20-14(10-11)4-8-19-9-5-14/h1-2,6,11H,3-5,7-10,15H2. The Labute approximate surface area is 124 Å². The molecule has 1 atom stereocenters. The summed E-state index contributed by atoms with van der Waals surface area (Å²) in [5.74, 6) is 0. The van der Waals surface area contributed by atoms with Crippen LogP contribution < -0.4 is 5.73 Å².